The number of pyridine rings is 1. The molecular weight excluding hydrogens is 260 g/mol. The Morgan fingerprint density at radius 1 is 1.06 bits per heavy atom. The zero-order valence-electron chi connectivity index (χ0n) is 7.45. The minimum atomic E-state index is -4.95. The molecule has 0 radical (unpaired) electrons. The molecule has 1 aromatic heterocycles. The van der Waals surface area contributed by atoms with E-state index >= 15 is 0 Å². The summed E-state index contributed by atoms with van der Waals surface area (Å²) in [5, 5.41) is 0. The van der Waals surface area contributed by atoms with E-state index in [1.54, 1.807) is 0 Å². The normalized spacial score (nSPS) is 12.9. The highest BCUT2D eigenvalue weighted by molar-refractivity contribution is 6.17. The average molecular weight is 264 g/mol. The van der Waals surface area contributed by atoms with E-state index in [0.29, 0.717) is 12.3 Å². The standard InChI is InChI=1S/C8H4ClF6N/c9-3-4-5(7(10,11)12)1-2-16-6(4)8(13,14)15/h1-2H,3H2. The molecule has 0 aliphatic carbocycles. The van der Waals surface area contributed by atoms with Gasteiger partial charge in [-0.2, -0.15) is 26.3 Å². The summed E-state index contributed by atoms with van der Waals surface area (Å²) >= 11 is 5.11. The summed E-state index contributed by atoms with van der Waals surface area (Å²) in [6, 6.07) is 0.465. The predicted molar refractivity (Wildman–Crippen MR) is 43.8 cm³/mol. The molecule has 0 saturated carbocycles. The Morgan fingerprint density at radius 2 is 1.62 bits per heavy atom. The summed E-state index contributed by atoms with van der Waals surface area (Å²) in [7, 11) is 0. The molecule has 1 aromatic rings. The molecule has 1 nitrogen and oxygen atoms in total. The minimum Gasteiger partial charge on any atom is -0.251 e. The van der Waals surface area contributed by atoms with Crippen molar-refractivity contribution in [2.24, 2.45) is 0 Å². The molecule has 0 bridgehead atoms. The van der Waals surface area contributed by atoms with Crippen molar-refractivity contribution in [3.8, 4) is 0 Å². The van der Waals surface area contributed by atoms with Crippen molar-refractivity contribution in [2.45, 2.75) is 18.2 Å². The van der Waals surface area contributed by atoms with Gasteiger partial charge in [0.15, 0.2) is 0 Å². The van der Waals surface area contributed by atoms with Crippen LogP contribution in [0.5, 0.6) is 0 Å². The van der Waals surface area contributed by atoms with E-state index in [2.05, 4.69) is 4.98 Å². The van der Waals surface area contributed by atoms with Gasteiger partial charge in [-0.3, -0.25) is 4.98 Å². The summed E-state index contributed by atoms with van der Waals surface area (Å²) in [5.41, 5.74) is -4.06. The monoisotopic (exact) mass is 263 g/mol. The second kappa shape index (κ2) is 4.12. The van der Waals surface area contributed by atoms with Gasteiger partial charge in [0, 0.05) is 11.8 Å². The molecule has 0 aliphatic rings. The van der Waals surface area contributed by atoms with E-state index < -0.39 is 35.1 Å². The number of rotatable bonds is 1. The second-order valence-electron chi connectivity index (χ2n) is 2.81. The Kier molecular flexibility index (Phi) is 3.37. The number of aromatic nitrogens is 1. The Balaban J connectivity index is 3.45. The van der Waals surface area contributed by atoms with Crippen LogP contribution in [-0.4, -0.2) is 4.98 Å². The summed E-state index contributed by atoms with van der Waals surface area (Å²) in [5.74, 6) is -0.905. The van der Waals surface area contributed by atoms with Crippen molar-refractivity contribution >= 4 is 11.6 Å². The van der Waals surface area contributed by atoms with Gasteiger partial charge in [-0.15, -0.1) is 11.6 Å². The van der Waals surface area contributed by atoms with E-state index in [-0.39, 0.29) is 0 Å². The fourth-order valence-electron chi connectivity index (χ4n) is 1.14. The van der Waals surface area contributed by atoms with Crippen molar-refractivity contribution in [2.75, 3.05) is 0 Å². The van der Waals surface area contributed by atoms with E-state index in [1.807, 2.05) is 0 Å². The molecule has 0 N–H and O–H groups in total. The molecule has 0 aliphatic heterocycles. The van der Waals surface area contributed by atoms with Crippen LogP contribution in [0.15, 0.2) is 12.3 Å². The van der Waals surface area contributed by atoms with Crippen molar-refractivity contribution in [3.05, 3.63) is 29.1 Å². The minimum absolute atomic E-state index is 0.460. The molecule has 0 atom stereocenters. The maximum absolute atomic E-state index is 12.3. The molecule has 0 fully saturated rings. The first-order valence-electron chi connectivity index (χ1n) is 3.86. The quantitative estimate of drug-likeness (QED) is 0.554. The van der Waals surface area contributed by atoms with Crippen LogP contribution in [0.1, 0.15) is 16.8 Å². The molecule has 1 heterocycles. The zero-order valence-corrected chi connectivity index (χ0v) is 8.21. The van der Waals surface area contributed by atoms with Crippen LogP contribution in [0.4, 0.5) is 26.3 Å². The first kappa shape index (κ1) is 13.1. The lowest BCUT2D eigenvalue weighted by Crippen LogP contribution is -2.17. The smallest absolute Gasteiger partial charge is 0.251 e. The number of alkyl halides is 7. The number of halogens is 7. The van der Waals surface area contributed by atoms with Gasteiger partial charge < -0.3 is 0 Å². The zero-order chi connectivity index (χ0) is 12.6. The highest BCUT2D eigenvalue weighted by Gasteiger charge is 2.41. The molecule has 1 rings (SSSR count). The van der Waals surface area contributed by atoms with Crippen molar-refractivity contribution < 1.29 is 26.3 Å². The average Bonchev–Trinajstić information content (AvgIpc) is 2.13. The third-order valence-corrected chi connectivity index (χ3v) is 2.03. The Morgan fingerprint density at radius 3 is 2.00 bits per heavy atom. The third kappa shape index (κ3) is 2.58. The molecule has 16 heavy (non-hydrogen) atoms. The molecule has 0 saturated heterocycles. The van der Waals surface area contributed by atoms with Gasteiger partial charge in [0.05, 0.1) is 11.4 Å². The molecule has 0 amide bonds. The summed E-state index contributed by atoms with van der Waals surface area (Å²) in [6.45, 7) is 0. The van der Waals surface area contributed by atoms with Crippen LogP contribution >= 0.6 is 11.6 Å². The predicted octanol–water partition coefficient (Wildman–Crippen LogP) is 3.86. The fraction of sp³-hybridized carbons (Fsp3) is 0.375. The highest BCUT2D eigenvalue weighted by Crippen LogP contribution is 2.38. The van der Waals surface area contributed by atoms with Gasteiger partial charge >= 0.3 is 12.4 Å². The number of hydrogen-bond acceptors (Lipinski definition) is 1. The van der Waals surface area contributed by atoms with Crippen LogP contribution in [0, 0.1) is 0 Å². The summed E-state index contributed by atoms with van der Waals surface area (Å²) < 4.78 is 74.0. The Hall–Kier alpha value is -0.980. The highest BCUT2D eigenvalue weighted by atomic mass is 35.5. The fourth-order valence-corrected chi connectivity index (χ4v) is 1.41. The molecule has 0 unspecified atom stereocenters. The molecular formula is C8H4ClF6N. The first-order valence-corrected chi connectivity index (χ1v) is 4.39. The van der Waals surface area contributed by atoms with E-state index in [4.69, 9.17) is 11.6 Å². The van der Waals surface area contributed by atoms with Gasteiger partial charge in [0.1, 0.15) is 5.69 Å². The van der Waals surface area contributed by atoms with Crippen molar-refractivity contribution in [1.29, 1.82) is 0 Å². The van der Waals surface area contributed by atoms with Crippen molar-refractivity contribution in [1.82, 2.24) is 4.98 Å². The van der Waals surface area contributed by atoms with Gasteiger partial charge in [-0.1, -0.05) is 0 Å². The van der Waals surface area contributed by atoms with Crippen molar-refractivity contribution in [3.63, 3.8) is 0 Å². The summed E-state index contributed by atoms with van der Waals surface area (Å²) in [6.07, 6.45) is -9.37. The lowest BCUT2D eigenvalue weighted by atomic mass is 10.1. The topological polar surface area (TPSA) is 12.9 Å². The summed E-state index contributed by atoms with van der Waals surface area (Å²) in [4.78, 5) is 2.89. The molecule has 0 spiro atoms. The van der Waals surface area contributed by atoms with Gasteiger partial charge in [0.2, 0.25) is 0 Å². The first-order chi connectivity index (χ1) is 7.18. The largest absolute Gasteiger partial charge is 0.433 e. The SMILES string of the molecule is FC(F)(F)c1ccnc(C(F)(F)F)c1CCl. The van der Waals surface area contributed by atoms with Gasteiger partial charge in [0.25, 0.3) is 0 Å². The van der Waals surface area contributed by atoms with Crippen LogP contribution in [0.25, 0.3) is 0 Å². The van der Waals surface area contributed by atoms with Crippen LogP contribution in [-0.2, 0) is 18.2 Å². The van der Waals surface area contributed by atoms with Gasteiger partial charge in [-0.25, -0.2) is 0 Å². The number of hydrogen-bond donors (Lipinski definition) is 0. The molecule has 90 valence electrons. The Labute approximate surface area is 91.0 Å². The van der Waals surface area contributed by atoms with E-state index in [1.165, 1.54) is 0 Å². The van der Waals surface area contributed by atoms with Gasteiger partial charge in [-0.05, 0) is 6.07 Å². The maximum atomic E-state index is 12.3. The maximum Gasteiger partial charge on any atom is 0.433 e. The van der Waals surface area contributed by atoms with E-state index in [9.17, 15) is 26.3 Å². The van der Waals surface area contributed by atoms with Crippen LogP contribution in [0.2, 0.25) is 0 Å². The molecule has 8 heteroatoms. The van der Waals surface area contributed by atoms with Crippen LogP contribution in [0.3, 0.4) is 0 Å². The molecule has 0 aromatic carbocycles. The number of nitrogens with zero attached hydrogens (tertiary/aromatic N) is 1. The lowest BCUT2D eigenvalue weighted by molar-refractivity contribution is -0.146. The van der Waals surface area contributed by atoms with Crippen LogP contribution < -0.4 is 0 Å². The third-order valence-electron chi connectivity index (χ3n) is 1.76. The van der Waals surface area contributed by atoms with E-state index in [0.717, 1.165) is 0 Å². The lowest BCUT2D eigenvalue weighted by Gasteiger charge is -2.15. The second-order valence-corrected chi connectivity index (χ2v) is 3.08. The Bertz CT molecular complexity index is 351.